The number of likely N-dealkylation sites (tertiary alicyclic amines) is 2. The van der Waals surface area contributed by atoms with Gasteiger partial charge in [0.2, 0.25) is 11.8 Å². The Kier molecular flexibility index (Phi) is 12.9. The third kappa shape index (κ3) is 8.68. The van der Waals surface area contributed by atoms with Gasteiger partial charge in [0, 0.05) is 18.8 Å². The van der Waals surface area contributed by atoms with Crippen LogP contribution >= 0.6 is 0 Å². The van der Waals surface area contributed by atoms with Crippen molar-refractivity contribution in [3.63, 3.8) is 0 Å². The number of carbonyl (C=O) groups excluding carboxylic acids is 3. The summed E-state index contributed by atoms with van der Waals surface area (Å²) in [5.74, 6) is 0.775. The molecule has 15 nitrogen and oxygen atoms in total. The van der Waals surface area contributed by atoms with Crippen LogP contribution in [-0.2, 0) is 19.7 Å². The second kappa shape index (κ2) is 18.3. The topological polar surface area (TPSA) is 189 Å². The monoisotopic (exact) mass is 902 g/mol. The Morgan fingerprint density at radius 3 is 1.55 bits per heavy atom. The number of imidazole rings is 2. The van der Waals surface area contributed by atoms with E-state index in [4.69, 9.17) is 14.7 Å². The fourth-order valence-corrected chi connectivity index (χ4v) is 10.8. The highest BCUT2D eigenvalue weighted by atomic mass is 16.5. The molecule has 4 amide bonds. The molecule has 6 atom stereocenters. The van der Waals surface area contributed by atoms with Crippen LogP contribution in [-0.4, -0.2) is 91.1 Å². The summed E-state index contributed by atoms with van der Waals surface area (Å²) in [5.41, 5.74) is 10.6. The molecule has 3 saturated heterocycles. The van der Waals surface area contributed by atoms with E-state index in [1.807, 2.05) is 32.6 Å². The second-order valence-electron chi connectivity index (χ2n) is 20.3. The maximum absolute atomic E-state index is 14.0. The number of methoxy groups -OCH3 is 1. The van der Waals surface area contributed by atoms with E-state index in [0.717, 1.165) is 89.1 Å². The standard InChI is InChI=1S/C51H67N9O6/c1-27(2)41(56-49(63)64)47(61)58-25-11-13-39(58)45-52-35-21-19-33(29(5)43(35)54-45)37-23-24-38(60(37)32-17-15-31(16-18-32)51(7,8)9)34-20-22-36-44(30(34)6)55-46(53-36)40-14-12-26-59(40)48(62)42(28(3)4)57-50(65)66-10/h15-22,27-28,37-42,56H,11-14,23-26H2,1-10H3,(H,52,54)(H,53,55)(H,57,65)(H,63,64)/t37-,38-,39+,40+,41+,42+/m1/s1. The molecule has 0 aliphatic carbocycles. The van der Waals surface area contributed by atoms with Gasteiger partial charge in [0.05, 0.1) is 53.3 Å². The Morgan fingerprint density at radius 1 is 0.682 bits per heavy atom. The largest absolute Gasteiger partial charge is 0.465 e. The molecule has 3 aliphatic rings. The number of nitrogens with zero attached hydrogens (tertiary/aromatic N) is 5. The molecule has 0 unspecified atom stereocenters. The van der Waals surface area contributed by atoms with Crippen LogP contribution in [0.1, 0.15) is 151 Å². The summed E-state index contributed by atoms with van der Waals surface area (Å²) in [6, 6.07) is 15.7. The van der Waals surface area contributed by atoms with Crippen molar-refractivity contribution in [1.82, 2.24) is 40.4 Å². The minimum atomic E-state index is -1.21. The summed E-state index contributed by atoms with van der Waals surface area (Å²) in [7, 11) is 1.30. The van der Waals surface area contributed by atoms with Crippen LogP contribution < -0.4 is 15.5 Å². The van der Waals surface area contributed by atoms with Gasteiger partial charge in [0.25, 0.3) is 0 Å². The first kappa shape index (κ1) is 46.4. The van der Waals surface area contributed by atoms with Crippen LogP contribution in [0.5, 0.6) is 0 Å². The Morgan fingerprint density at radius 2 is 1.14 bits per heavy atom. The average Bonchev–Trinajstić information content (AvgIpc) is 4.13. The van der Waals surface area contributed by atoms with Crippen molar-refractivity contribution < 1.29 is 29.0 Å². The predicted octanol–water partition coefficient (Wildman–Crippen LogP) is 9.44. The highest BCUT2D eigenvalue weighted by molar-refractivity contribution is 5.88. The fraction of sp³-hybridized carbons (Fsp3) is 0.529. The number of anilines is 1. The van der Waals surface area contributed by atoms with Crippen LogP contribution in [0, 0.1) is 25.7 Å². The van der Waals surface area contributed by atoms with Crippen molar-refractivity contribution in [2.75, 3.05) is 25.1 Å². The summed E-state index contributed by atoms with van der Waals surface area (Å²) in [4.78, 5) is 75.4. The molecule has 3 fully saturated rings. The van der Waals surface area contributed by atoms with Gasteiger partial charge < -0.3 is 45.1 Å². The summed E-state index contributed by atoms with van der Waals surface area (Å²) in [6.07, 6.45) is 3.13. The third-order valence-corrected chi connectivity index (χ3v) is 14.4. The van der Waals surface area contributed by atoms with E-state index in [0.29, 0.717) is 13.1 Å². The number of alkyl carbamates (subject to hydrolysis) is 1. The number of benzene rings is 3. The number of ether oxygens (including phenoxy) is 1. The van der Waals surface area contributed by atoms with Crippen molar-refractivity contribution in [2.45, 2.75) is 143 Å². The zero-order valence-electron chi connectivity index (χ0n) is 40.1. The van der Waals surface area contributed by atoms with E-state index in [9.17, 15) is 24.3 Å². The van der Waals surface area contributed by atoms with E-state index in [-0.39, 0.29) is 53.2 Å². The first-order valence-electron chi connectivity index (χ1n) is 23.7. The van der Waals surface area contributed by atoms with Crippen molar-refractivity contribution in [3.05, 3.63) is 88.0 Å². The first-order valence-corrected chi connectivity index (χ1v) is 23.7. The lowest BCUT2D eigenvalue weighted by molar-refractivity contribution is -0.136. The van der Waals surface area contributed by atoms with Crippen LogP contribution in [0.2, 0.25) is 0 Å². The molecule has 0 spiro atoms. The van der Waals surface area contributed by atoms with Crippen molar-refractivity contribution in [3.8, 4) is 0 Å². The Hall–Kier alpha value is -6.12. The summed E-state index contributed by atoms with van der Waals surface area (Å²) in [5, 5.41) is 14.7. The first-order chi connectivity index (χ1) is 31.4. The lowest BCUT2D eigenvalue weighted by Gasteiger charge is -2.35. The number of aromatic amines is 2. The molecule has 2 aromatic heterocycles. The van der Waals surface area contributed by atoms with Crippen LogP contribution in [0.4, 0.5) is 15.3 Å². The van der Waals surface area contributed by atoms with Crippen molar-refractivity contribution >= 4 is 51.8 Å². The zero-order chi connectivity index (χ0) is 47.4. The van der Waals surface area contributed by atoms with E-state index in [2.05, 4.69) is 109 Å². The molecule has 3 aromatic carbocycles. The van der Waals surface area contributed by atoms with Gasteiger partial charge in [-0.15, -0.1) is 0 Å². The minimum absolute atomic E-state index is 0.00401. The number of carbonyl (C=O) groups is 4. The fourth-order valence-electron chi connectivity index (χ4n) is 10.8. The summed E-state index contributed by atoms with van der Waals surface area (Å²) >= 11 is 0. The molecule has 15 heteroatoms. The van der Waals surface area contributed by atoms with Crippen LogP contribution in [0.15, 0.2) is 48.5 Å². The van der Waals surface area contributed by atoms with Gasteiger partial charge in [-0.3, -0.25) is 9.59 Å². The third-order valence-electron chi connectivity index (χ3n) is 14.4. The molecular formula is C51H67N9O6. The Labute approximate surface area is 387 Å². The van der Waals surface area contributed by atoms with E-state index in [1.54, 1.807) is 4.90 Å². The van der Waals surface area contributed by atoms with Gasteiger partial charge >= 0.3 is 12.2 Å². The molecule has 5 N–H and O–H groups in total. The molecule has 3 aliphatic heterocycles. The van der Waals surface area contributed by atoms with Gasteiger partial charge in [0.1, 0.15) is 23.7 Å². The van der Waals surface area contributed by atoms with E-state index in [1.165, 1.54) is 23.8 Å². The highest BCUT2D eigenvalue weighted by Crippen LogP contribution is 2.50. The minimum Gasteiger partial charge on any atom is -0.465 e. The number of rotatable bonds is 11. The predicted molar refractivity (Wildman–Crippen MR) is 255 cm³/mol. The number of carboxylic acid groups (broad SMARTS) is 1. The number of hydrogen-bond donors (Lipinski definition) is 5. The van der Waals surface area contributed by atoms with Gasteiger partial charge in [-0.05, 0) is 122 Å². The molecule has 352 valence electrons. The molecule has 0 bridgehead atoms. The maximum atomic E-state index is 14.0. The summed E-state index contributed by atoms with van der Waals surface area (Å²) < 4.78 is 4.85. The number of aryl methyl sites for hydroxylation is 2. The number of amides is 4. The maximum Gasteiger partial charge on any atom is 0.407 e. The Bertz CT molecular complexity index is 2630. The molecule has 5 aromatic rings. The smallest absolute Gasteiger partial charge is 0.407 e. The van der Waals surface area contributed by atoms with Crippen LogP contribution in [0.25, 0.3) is 22.1 Å². The molecule has 0 radical (unpaired) electrons. The number of hydrogen-bond acceptors (Lipinski definition) is 8. The van der Waals surface area contributed by atoms with E-state index < -0.39 is 24.3 Å². The SMILES string of the molecule is COC(=O)N[C@H](C(=O)N1CCC[C@H]1c1nc2c(C)c([C@H]3CC[C@H](c4ccc5[nH]c([C@@H]6CCCN6C(=O)[C@@H](NC(=O)O)C(C)C)nc5c4C)N3c3ccc(C(C)(C)C)cc3)ccc2[nH]1)C(C)C. The number of nitrogens with one attached hydrogen (secondary N) is 4. The lowest BCUT2D eigenvalue weighted by Crippen LogP contribution is -2.51. The van der Waals surface area contributed by atoms with Gasteiger partial charge in [-0.25, -0.2) is 19.6 Å². The van der Waals surface area contributed by atoms with Gasteiger partial charge in [-0.2, -0.15) is 0 Å². The molecule has 5 heterocycles. The summed E-state index contributed by atoms with van der Waals surface area (Å²) in [6.45, 7) is 19.7. The zero-order valence-corrected chi connectivity index (χ0v) is 40.1. The normalized spacial score (nSPS) is 21.1. The van der Waals surface area contributed by atoms with Crippen molar-refractivity contribution in [1.29, 1.82) is 0 Å². The Balaban J connectivity index is 1.13. The number of H-pyrrole nitrogens is 2. The van der Waals surface area contributed by atoms with Crippen molar-refractivity contribution in [2.24, 2.45) is 11.8 Å². The lowest BCUT2D eigenvalue weighted by atomic mass is 9.87. The molecule has 0 saturated carbocycles. The molecular weight excluding hydrogens is 835 g/mol. The quantitative estimate of drug-likeness (QED) is 0.0860. The average molecular weight is 902 g/mol. The van der Waals surface area contributed by atoms with Gasteiger partial charge in [0.15, 0.2) is 0 Å². The number of aromatic nitrogens is 4. The molecule has 66 heavy (non-hydrogen) atoms. The van der Waals surface area contributed by atoms with E-state index >= 15 is 0 Å². The van der Waals surface area contributed by atoms with Gasteiger partial charge in [-0.1, -0.05) is 72.7 Å². The highest BCUT2D eigenvalue weighted by Gasteiger charge is 2.41. The molecule has 8 rings (SSSR count). The van der Waals surface area contributed by atoms with Crippen LogP contribution in [0.3, 0.4) is 0 Å². The second-order valence-corrected chi connectivity index (χ2v) is 20.3. The number of fused-ring (bicyclic) bond motifs is 2.